The molecule has 1 aromatic heterocycles. The first-order chi connectivity index (χ1) is 10.9. The van der Waals surface area contributed by atoms with E-state index in [1.165, 1.54) is 31.2 Å². The van der Waals surface area contributed by atoms with Crippen LogP contribution in [0.25, 0.3) is 22.2 Å². The number of halogens is 3. The fraction of sp³-hybridized carbons (Fsp3) is 0.0588. The van der Waals surface area contributed by atoms with Gasteiger partial charge in [-0.05, 0) is 31.2 Å². The van der Waals surface area contributed by atoms with E-state index in [9.17, 15) is 13.6 Å². The first-order valence-corrected chi connectivity index (χ1v) is 7.02. The van der Waals surface area contributed by atoms with Gasteiger partial charge in [-0.3, -0.25) is 4.79 Å². The predicted octanol–water partition coefficient (Wildman–Crippen LogP) is 4.31. The number of nitriles is 1. The Balaban J connectivity index is 2.36. The molecule has 6 heteroatoms. The number of hydrogen-bond donors (Lipinski definition) is 1. The van der Waals surface area contributed by atoms with Gasteiger partial charge in [-0.1, -0.05) is 11.6 Å². The lowest BCUT2D eigenvalue weighted by molar-refractivity contribution is 0.576. The molecule has 0 spiro atoms. The average Bonchev–Trinajstić information content (AvgIpc) is 2.52. The summed E-state index contributed by atoms with van der Waals surface area (Å²) >= 11 is 6.10. The molecule has 2 aromatic carbocycles. The largest absolute Gasteiger partial charge is 0.354 e. The second kappa shape index (κ2) is 5.49. The van der Waals surface area contributed by atoms with Crippen molar-refractivity contribution < 1.29 is 8.78 Å². The molecule has 0 amide bonds. The number of aromatic amines is 1. The fourth-order valence-corrected chi connectivity index (χ4v) is 2.61. The van der Waals surface area contributed by atoms with Crippen molar-refractivity contribution in [3.63, 3.8) is 0 Å². The Labute approximate surface area is 134 Å². The van der Waals surface area contributed by atoms with E-state index in [4.69, 9.17) is 16.9 Å². The van der Waals surface area contributed by atoms with Crippen LogP contribution in [0.1, 0.15) is 11.1 Å². The Bertz CT molecular complexity index is 1050. The summed E-state index contributed by atoms with van der Waals surface area (Å²) in [4.78, 5) is 15.0. The number of fused-ring (bicyclic) bond motifs is 1. The molecule has 3 aromatic rings. The van der Waals surface area contributed by atoms with Crippen LogP contribution >= 0.6 is 11.6 Å². The van der Waals surface area contributed by atoms with Crippen LogP contribution in [0.5, 0.6) is 0 Å². The first kappa shape index (κ1) is 15.2. The van der Waals surface area contributed by atoms with Crippen LogP contribution in [0.15, 0.2) is 35.1 Å². The van der Waals surface area contributed by atoms with Gasteiger partial charge >= 0.3 is 0 Å². The third-order valence-electron chi connectivity index (χ3n) is 3.62. The van der Waals surface area contributed by atoms with Crippen LogP contribution in [0.3, 0.4) is 0 Å². The van der Waals surface area contributed by atoms with Crippen molar-refractivity contribution in [1.29, 1.82) is 5.26 Å². The van der Waals surface area contributed by atoms with Crippen molar-refractivity contribution in [1.82, 2.24) is 4.98 Å². The third kappa shape index (κ3) is 2.47. The molecule has 3 rings (SSSR count). The number of pyridine rings is 1. The first-order valence-electron chi connectivity index (χ1n) is 6.64. The standard InChI is InChI=1S/C17H9ClF2N2O/c1-8-12(19)5-14-16(17(8)20)15(23)6-13(22-14)10-4-9(7-21)2-3-11(10)18/h2-6H,1H3,(H,22,23). The smallest absolute Gasteiger partial charge is 0.192 e. The van der Waals surface area contributed by atoms with Crippen LogP contribution in [-0.2, 0) is 0 Å². The molecule has 0 atom stereocenters. The molecule has 0 saturated heterocycles. The zero-order chi connectivity index (χ0) is 16.7. The minimum absolute atomic E-state index is 0.0338. The van der Waals surface area contributed by atoms with E-state index in [1.807, 2.05) is 6.07 Å². The number of aromatic nitrogens is 1. The molecule has 3 nitrogen and oxygen atoms in total. The topological polar surface area (TPSA) is 56.6 Å². The molecule has 0 radical (unpaired) electrons. The summed E-state index contributed by atoms with van der Waals surface area (Å²) in [7, 11) is 0. The van der Waals surface area contributed by atoms with Crippen molar-refractivity contribution in [3.05, 3.63) is 68.3 Å². The van der Waals surface area contributed by atoms with E-state index in [-0.39, 0.29) is 22.2 Å². The molecular formula is C17H9ClF2N2O. The van der Waals surface area contributed by atoms with E-state index < -0.39 is 17.1 Å². The second-order valence-corrected chi connectivity index (χ2v) is 5.48. The quantitative estimate of drug-likeness (QED) is 0.723. The van der Waals surface area contributed by atoms with Gasteiger partial charge in [-0.2, -0.15) is 5.26 Å². The number of benzene rings is 2. The number of H-pyrrole nitrogens is 1. The highest BCUT2D eigenvalue weighted by atomic mass is 35.5. The SMILES string of the molecule is Cc1c(F)cc2[nH]c(-c3cc(C#N)ccc3Cl)cc(=O)c2c1F. The van der Waals surface area contributed by atoms with Gasteiger partial charge in [0.1, 0.15) is 11.6 Å². The van der Waals surface area contributed by atoms with E-state index in [0.717, 1.165) is 6.07 Å². The average molecular weight is 331 g/mol. The van der Waals surface area contributed by atoms with E-state index in [0.29, 0.717) is 16.1 Å². The molecule has 1 N–H and O–H groups in total. The maximum Gasteiger partial charge on any atom is 0.192 e. The van der Waals surface area contributed by atoms with Gasteiger partial charge in [0.25, 0.3) is 0 Å². The van der Waals surface area contributed by atoms with Gasteiger partial charge in [0.2, 0.25) is 0 Å². The van der Waals surface area contributed by atoms with Gasteiger partial charge in [-0.15, -0.1) is 0 Å². The highest BCUT2D eigenvalue weighted by molar-refractivity contribution is 6.33. The predicted molar refractivity (Wildman–Crippen MR) is 84.4 cm³/mol. The highest BCUT2D eigenvalue weighted by Crippen LogP contribution is 2.29. The summed E-state index contributed by atoms with van der Waals surface area (Å²) in [6, 6.07) is 8.78. The van der Waals surface area contributed by atoms with Crippen LogP contribution < -0.4 is 5.43 Å². The zero-order valence-corrected chi connectivity index (χ0v) is 12.6. The van der Waals surface area contributed by atoms with Gasteiger partial charge < -0.3 is 4.98 Å². The van der Waals surface area contributed by atoms with Gasteiger partial charge in [-0.25, -0.2) is 8.78 Å². The maximum absolute atomic E-state index is 14.1. The van der Waals surface area contributed by atoms with Crippen LogP contribution in [0, 0.1) is 29.9 Å². The number of nitrogens with zero attached hydrogens (tertiary/aromatic N) is 1. The summed E-state index contributed by atoms with van der Waals surface area (Å²) in [6.45, 7) is 1.27. The summed E-state index contributed by atoms with van der Waals surface area (Å²) in [5, 5.41) is 9.07. The second-order valence-electron chi connectivity index (χ2n) is 5.07. The zero-order valence-electron chi connectivity index (χ0n) is 11.9. The number of hydrogen-bond acceptors (Lipinski definition) is 2. The minimum Gasteiger partial charge on any atom is -0.354 e. The molecule has 0 aliphatic carbocycles. The van der Waals surface area contributed by atoms with Crippen LogP contribution in [-0.4, -0.2) is 4.98 Å². The summed E-state index contributed by atoms with van der Waals surface area (Å²) in [6.07, 6.45) is 0. The van der Waals surface area contributed by atoms with Gasteiger partial charge in [0, 0.05) is 22.2 Å². The number of rotatable bonds is 1. The third-order valence-corrected chi connectivity index (χ3v) is 3.95. The van der Waals surface area contributed by atoms with E-state index in [2.05, 4.69) is 4.98 Å². The molecule has 0 bridgehead atoms. The Hall–Kier alpha value is -2.71. The molecule has 0 unspecified atom stereocenters. The minimum atomic E-state index is -0.885. The molecular weight excluding hydrogens is 322 g/mol. The molecule has 0 aliphatic rings. The van der Waals surface area contributed by atoms with Gasteiger partial charge in [0.05, 0.1) is 28.2 Å². The van der Waals surface area contributed by atoms with Crippen molar-refractivity contribution in [2.45, 2.75) is 6.92 Å². The molecule has 1 heterocycles. The Morgan fingerprint density at radius 2 is 1.96 bits per heavy atom. The van der Waals surface area contributed by atoms with E-state index in [1.54, 1.807) is 0 Å². The normalized spacial score (nSPS) is 10.7. The van der Waals surface area contributed by atoms with Crippen molar-refractivity contribution >= 4 is 22.5 Å². The lowest BCUT2D eigenvalue weighted by atomic mass is 10.0. The lowest BCUT2D eigenvalue weighted by Gasteiger charge is -2.09. The van der Waals surface area contributed by atoms with Crippen LogP contribution in [0.2, 0.25) is 5.02 Å². The van der Waals surface area contributed by atoms with Crippen molar-refractivity contribution in [2.24, 2.45) is 0 Å². The van der Waals surface area contributed by atoms with Crippen LogP contribution in [0.4, 0.5) is 8.78 Å². The Morgan fingerprint density at radius 3 is 2.65 bits per heavy atom. The summed E-state index contributed by atoms with van der Waals surface area (Å²) in [5.41, 5.74) is 0.282. The number of nitrogens with one attached hydrogen (secondary N) is 1. The molecule has 23 heavy (non-hydrogen) atoms. The summed E-state index contributed by atoms with van der Waals surface area (Å²) < 4.78 is 27.9. The molecule has 0 fully saturated rings. The Kier molecular flexibility index (Phi) is 3.63. The Morgan fingerprint density at radius 1 is 1.22 bits per heavy atom. The monoisotopic (exact) mass is 330 g/mol. The van der Waals surface area contributed by atoms with E-state index >= 15 is 0 Å². The molecule has 0 saturated carbocycles. The van der Waals surface area contributed by atoms with Crippen molar-refractivity contribution in [2.75, 3.05) is 0 Å². The summed E-state index contributed by atoms with van der Waals surface area (Å²) in [5.74, 6) is -1.63. The van der Waals surface area contributed by atoms with Gasteiger partial charge in [0.15, 0.2) is 5.43 Å². The lowest BCUT2D eigenvalue weighted by Crippen LogP contribution is -2.07. The molecule has 0 aliphatic heterocycles. The highest BCUT2D eigenvalue weighted by Gasteiger charge is 2.15. The maximum atomic E-state index is 14.1. The van der Waals surface area contributed by atoms with Crippen molar-refractivity contribution in [3.8, 4) is 17.3 Å². The fourth-order valence-electron chi connectivity index (χ4n) is 2.39. The molecule has 114 valence electrons.